The topological polar surface area (TPSA) is 237 Å². The van der Waals surface area contributed by atoms with E-state index in [2.05, 4.69) is 180 Å². The molecule has 102 heavy (non-hydrogen) atoms. The lowest BCUT2D eigenvalue weighted by Crippen LogP contribution is -2.30. The van der Waals surface area contributed by atoms with Crippen LogP contribution in [0.25, 0.3) is 0 Å². The molecule has 0 aliphatic carbocycles. The lowest BCUT2D eigenvalue weighted by Gasteiger charge is -2.21. The molecule has 0 aromatic carbocycles. The zero-order valence-corrected chi connectivity index (χ0v) is 64.2. The lowest BCUT2D eigenvalue weighted by atomic mass is 10.1. The van der Waals surface area contributed by atoms with E-state index in [-0.39, 0.29) is 25.7 Å². The Balaban J connectivity index is 5.55. The Morgan fingerprint density at radius 2 is 0.569 bits per heavy atom. The molecule has 0 radical (unpaired) electrons. The smallest absolute Gasteiger partial charge is 0.462 e. The van der Waals surface area contributed by atoms with Gasteiger partial charge in [0.25, 0.3) is 0 Å². The molecule has 0 aliphatic rings. The van der Waals surface area contributed by atoms with Gasteiger partial charge in [-0.3, -0.25) is 37.3 Å². The average molecular weight is 1460 g/mol. The number of esters is 4. The second-order valence-electron chi connectivity index (χ2n) is 24.1. The predicted octanol–water partition coefficient (Wildman–Crippen LogP) is 21.8. The molecule has 0 amide bonds. The molecule has 5 atom stereocenters. The second-order valence-corrected chi connectivity index (χ2v) is 27.0. The Hall–Kier alpha value is -6.10. The number of hydrogen-bond donors (Lipinski definition) is 3. The Bertz CT molecular complexity index is 2700. The third-order valence-corrected chi connectivity index (χ3v) is 16.5. The molecule has 574 valence electrons. The van der Waals surface area contributed by atoms with Crippen molar-refractivity contribution in [2.24, 2.45) is 0 Å². The first-order chi connectivity index (χ1) is 49.7. The molecule has 0 aromatic heterocycles. The van der Waals surface area contributed by atoms with E-state index in [4.69, 9.17) is 37.0 Å². The number of phosphoric ester groups is 2. The highest BCUT2D eigenvalue weighted by Gasteiger charge is 2.30. The summed E-state index contributed by atoms with van der Waals surface area (Å²) in [5, 5.41) is 10.6. The van der Waals surface area contributed by atoms with Crippen LogP contribution in [-0.4, -0.2) is 96.7 Å². The van der Waals surface area contributed by atoms with Crippen LogP contribution in [0.1, 0.15) is 246 Å². The highest BCUT2D eigenvalue weighted by molar-refractivity contribution is 7.47. The molecule has 0 bridgehead atoms. The molecule has 0 spiro atoms. The van der Waals surface area contributed by atoms with Gasteiger partial charge in [-0.25, -0.2) is 9.13 Å². The summed E-state index contributed by atoms with van der Waals surface area (Å²) < 4.78 is 68.2. The number of unbranched alkanes of at least 4 members (excludes halogenated alkanes) is 11. The van der Waals surface area contributed by atoms with E-state index in [0.717, 1.165) is 135 Å². The Labute approximate surface area is 615 Å². The fourth-order valence-electron chi connectivity index (χ4n) is 8.95. The van der Waals surface area contributed by atoms with Crippen molar-refractivity contribution in [1.82, 2.24) is 0 Å². The summed E-state index contributed by atoms with van der Waals surface area (Å²) in [6.07, 6.45) is 89.1. The van der Waals surface area contributed by atoms with Gasteiger partial charge in [0.15, 0.2) is 12.2 Å². The number of aliphatic hydroxyl groups excluding tert-OH is 1. The third kappa shape index (κ3) is 72.3. The molecule has 0 aliphatic heterocycles. The molecule has 0 fully saturated rings. The summed E-state index contributed by atoms with van der Waals surface area (Å²) in [7, 11) is -10.0. The standard InChI is InChI=1S/C83H130O17P2/c1-5-9-13-17-21-25-29-33-36-37-38-39-42-45-48-52-56-60-64-68-81(86)94-74-79(100-83(88)70-66-62-58-54-50-46-41-35-31-27-23-19-15-11-7-3)76-98-102(91,92)96-72-77(84)71-95-101(89,90)97-75-78(99-82(87)69-65-61-57-53-49-43-32-28-24-20-16-12-8-4)73-93-80(85)67-63-59-55-51-47-44-40-34-30-26-22-18-14-10-6-2/h9-11,13-15,21-23,25-28,32-36,38-41,45,47-48,50-51,54,56,60,62,66,77-79,84H,5-8,12,16-20,24,29-31,37,42-44,46,49,52-53,55,57-59,61,63-65,67-76H2,1-4H3,(H,89,90)(H,91,92)/b13-9-,14-10-,15-11-,25-21-,26-22-,27-23-,32-28-,36-33-,39-38-,40-34-,41-35-,48-45-,51-47-,54-50-,60-56-,66-62-. The van der Waals surface area contributed by atoms with Gasteiger partial charge in [-0.15, -0.1) is 0 Å². The Morgan fingerprint density at radius 1 is 0.294 bits per heavy atom. The van der Waals surface area contributed by atoms with Gasteiger partial charge in [0.2, 0.25) is 0 Å². The first-order valence-corrected chi connectivity index (χ1v) is 40.7. The maximum Gasteiger partial charge on any atom is 0.472 e. The van der Waals surface area contributed by atoms with Crippen molar-refractivity contribution in [2.75, 3.05) is 39.6 Å². The fourth-order valence-corrected chi connectivity index (χ4v) is 10.5. The third-order valence-electron chi connectivity index (χ3n) is 14.6. The number of rotatable bonds is 68. The van der Waals surface area contributed by atoms with Gasteiger partial charge in [-0.1, -0.05) is 261 Å². The van der Waals surface area contributed by atoms with E-state index < -0.39 is 97.5 Å². The van der Waals surface area contributed by atoms with Crippen LogP contribution in [0.5, 0.6) is 0 Å². The van der Waals surface area contributed by atoms with Gasteiger partial charge in [-0.05, 0) is 154 Å². The van der Waals surface area contributed by atoms with Crippen molar-refractivity contribution in [1.29, 1.82) is 0 Å². The van der Waals surface area contributed by atoms with Crippen molar-refractivity contribution in [3.05, 3.63) is 194 Å². The number of allylic oxidation sites excluding steroid dienone is 31. The fraction of sp³-hybridized carbons (Fsp3) is 0.566. The van der Waals surface area contributed by atoms with E-state index in [0.29, 0.717) is 32.1 Å². The Morgan fingerprint density at radius 3 is 0.961 bits per heavy atom. The van der Waals surface area contributed by atoms with E-state index >= 15 is 0 Å². The monoisotopic (exact) mass is 1460 g/mol. The molecule has 0 aromatic rings. The summed E-state index contributed by atoms with van der Waals surface area (Å²) in [6, 6.07) is 0. The zero-order chi connectivity index (χ0) is 74.6. The minimum absolute atomic E-state index is 0.00770. The van der Waals surface area contributed by atoms with Crippen molar-refractivity contribution in [3.63, 3.8) is 0 Å². The van der Waals surface area contributed by atoms with Crippen LogP contribution in [0, 0.1) is 0 Å². The maximum absolute atomic E-state index is 13.1. The number of hydrogen-bond acceptors (Lipinski definition) is 15. The van der Waals surface area contributed by atoms with E-state index in [9.17, 15) is 43.2 Å². The Kier molecular flexibility index (Phi) is 68.8. The van der Waals surface area contributed by atoms with Crippen LogP contribution in [0.15, 0.2) is 194 Å². The number of carbonyl (C=O) groups excluding carboxylic acids is 4. The summed E-state index contributed by atoms with van der Waals surface area (Å²) in [5.41, 5.74) is 0. The lowest BCUT2D eigenvalue weighted by molar-refractivity contribution is -0.161. The zero-order valence-electron chi connectivity index (χ0n) is 62.4. The van der Waals surface area contributed by atoms with Gasteiger partial charge in [-0.2, -0.15) is 0 Å². The summed E-state index contributed by atoms with van der Waals surface area (Å²) >= 11 is 0. The van der Waals surface area contributed by atoms with Crippen molar-refractivity contribution >= 4 is 39.5 Å². The highest BCUT2D eigenvalue weighted by Crippen LogP contribution is 2.45. The predicted molar refractivity (Wildman–Crippen MR) is 417 cm³/mol. The van der Waals surface area contributed by atoms with Gasteiger partial charge in [0, 0.05) is 19.3 Å². The largest absolute Gasteiger partial charge is 0.472 e. The number of phosphoric acid groups is 2. The van der Waals surface area contributed by atoms with Crippen LogP contribution in [0.4, 0.5) is 0 Å². The van der Waals surface area contributed by atoms with Gasteiger partial charge in [0.1, 0.15) is 19.3 Å². The molecule has 17 nitrogen and oxygen atoms in total. The SMILES string of the molecule is CC/C=C\C/C=C\C/C=C\C/C=C\C/C=C\C/C=C\CCC(=O)OCC(COP(=O)(O)OCC(O)COP(=O)(O)OCC(COC(=O)CCCC/C=C\C/C=C\C/C=C\C/C=C\CC)OC(=O)CCCCCCC/C=C\CCCCCC)OC(=O)C/C=C\C/C=C\C/C=C\C/C=C\C/C=C\CC. The van der Waals surface area contributed by atoms with Gasteiger partial charge < -0.3 is 33.8 Å². The summed E-state index contributed by atoms with van der Waals surface area (Å²) in [4.78, 5) is 72.7. The normalized spacial score (nSPS) is 15.0. The van der Waals surface area contributed by atoms with E-state index in [1.807, 2.05) is 30.4 Å². The van der Waals surface area contributed by atoms with Crippen molar-refractivity contribution < 1.29 is 80.2 Å². The molecule has 0 saturated heterocycles. The summed E-state index contributed by atoms with van der Waals surface area (Å²) in [5.74, 6) is -2.51. The van der Waals surface area contributed by atoms with Crippen LogP contribution >= 0.6 is 15.6 Å². The molecule has 3 N–H and O–H groups in total. The number of aliphatic hydroxyl groups is 1. The molecule has 0 rings (SSSR count). The minimum Gasteiger partial charge on any atom is -0.462 e. The molecular weight excluding hydrogens is 1330 g/mol. The van der Waals surface area contributed by atoms with Crippen molar-refractivity contribution in [2.45, 2.75) is 264 Å². The van der Waals surface area contributed by atoms with Crippen LogP contribution in [-0.2, 0) is 65.4 Å². The minimum atomic E-state index is -5.03. The van der Waals surface area contributed by atoms with Crippen LogP contribution < -0.4 is 0 Å². The number of ether oxygens (including phenoxy) is 4. The molecule has 5 unspecified atom stereocenters. The quantitative estimate of drug-likeness (QED) is 0.0169. The van der Waals surface area contributed by atoms with Crippen LogP contribution in [0.3, 0.4) is 0 Å². The van der Waals surface area contributed by atoms with Gasteiger partial charge >= 0.3 is 39.5 Å². The van der Waals surface area contributed by atoms with Crippen LogP contribution in [0.2, 0.25) is 0 Å². The van der Waals surface area contributed by atoms with Crippen molar-refractivity contribution in [3.8, 4) is 0 Å². The second kappa shape index (κ2) is 73.2. The van der Waals surface area contributed by atoms with E-state index in [1.54, 1.807) is 12.2 Å². The average Bonchev–Trinajstić information content (AvgIpc) is 0.924. The first kappa shape index (κ1) is 95.9. The van der Waals surface area contributed by atoms with Gasteiger partial charge in [0.05, 0.1) is 32.8 Å². The molecule has 0 saturated carbocycles. The molecular formula is C83H130O17P2. The number of carbonyl (C=O) groups is 4. The maximum atomic E-state index is 13.1. The molecule has 0 heterocycles. The first-order valence-electron chi connectivity index (χ1n) is 37.7. The molecule has 19 heteroatoms. The summed E-state index contributed by atoms with van der Waals surface area (Å²) in [6.45, 7) is 4.20. The van der Waals surface area contributed by atoms with E-state index in [1.165, 1.54) is 25.7 Å². The highest BCUT2D eigenvalue weighted by atomic mass is 31.2.